The molecule has 0 fully saturated rings. The lowest BCUT2D eigenvalue weighted by Gasteiger charge is -2.18. The average molecular weight is 338 g/mol. The molecule has 0 saturated carbocycles. The van der Waals surface area contributed by atoms with Crippen LogP contribution in [-0.4, -0.2) is 21.8 Å². The van der Waals surface area contributed by atoms with Crippen molar-refractivity contribution in [1.29, 1.82) is 0 Å². The predicted octanol–water partition coefficient (Wildman–Crippen LogP) is 3.38. The first kappa shape index (κ1) is 17.1. The normalized spacial score (nSPS) is 12.5. The van der Waals surface area contributed by atoms with Crippen molar-refractivity contribution < 1.29 is 17.5 Å². The first-order chi connectivity index (χ1) is 10.8. The highest BCUT2D eigenvalue weighted by atomic mass is 32.2. The maximum absolute atomic E-state index is 13.4. The number of ether oxygens (including phenoxy) is 1. The zero-order chi connectivity index (χ0) is 17.0. The molecular weight excluding hydrogens is 319 g/mol. The van der Waals surface area contributed by atoms with Gasteiger partial charge in [0.1, 0.15) is 11.6 Å². The van der Waals surface area contributed by atoms with Crippen LogP contribution >= 0.6 is 0 Å². The summed E-state index contributed by atoms with van der Waals surface area (Å²) < 4.78 is 43.4. The Labute approximate surface area is 135 Å². The Morgan fingerprint density at radius 3 is 2.35 bits per heavy atom. The summed E-state index contributed by atoms with van der Waals surface area (Å²) in [6, 6.07) is 11.1. The van der Waals surface area contributed by atoms with Crippen molar-refractivity contribution in [3.05, 3.63) is 53.8 Å². The Bertz CT molecular complexity index is 776. The molecule has 0 aliphatic heterocycles. The minimum absolute atomic E-state index is 0.113. The first-order valence-electron chi connectivity index (χ1n) is 6.96. The topological polar surface area (TPSA) is 67.4 Å². The number of nitrogens with one attached hydrogen (secondary N) is 2. The van der Waals surface area contributed by atoms with E-state index in [1.165, 1.54) is 19.2 Å². The van der Waals surface area contributed by atoms with Gasteiger partial charge in [-0.25, -0.2) is 12.8 Å². The number of halogens is 1. The van der Waals surface area contributed by atoms with Crippen LogP contribution < -0.4 is 14.8 Å². The molecule has 0 aliphatic rings. The highest BCUT2D eigenvalue weighted by Gasteiger charge is 2.10. The fourth-order valence-corrected chi connectivity index (χ4v) is 2.73. The van der Waals surface area contributed by atoms with E-state index < -0.39 is 10.0 Å². The van der Waals surface area contributed by atoms with Crippen molar-refractivity contribution in [2.24, 2.45) is 0 Å². The SMILES string of the molecule is COc1ccc(F)cc1N[C@@H](C)c1ccc(NS(C)(=O)=O)cc1. The minimum Gasteiger partial charge on any atom is -0.495 e. The zero-order valence-corrected chi connectivity index (χ0v) is 13.9. The molecule has 124 valence electrons. The zero-order valence-electron chi connectivity index (χ0n) is 13.1. The molecule has 0 bridgehead atoms. The van der Waals surface area contributed by atoms with Gasteiger partial charge in [-0.05, 0) is 36.8 Å². The van der Waals surface area contributed by atoms with Crippen molar-refractivity contribution in [3.8, 4) is 5.75 Å². The molecule has 0 amide bonds. The van der Waals surface area contributed by atoms with Gasteiger partial charge in [0.15, 0.2) is 0 Å². The molecule has 5 nitrogen and oxygen atoms in total. The van der Waals surface area contributed by atoms with Gasteiger partial charge in [0.2, 0.25) is 10.0 Å². The number of hydrogen-bond donors (Lipinski definition) is 2. The molecule has 0 saturated heterocycles. The Kier molecular flexibility index (Phi) is 5.10. The fourth-order valence-electron chi connectivity index (χ4n) is 2.16. The largest absolute Gasteiger partial charge is 0.495 e. The van der Waals surface area contributed by atoms with Crippen molar-refractivity contribution >= 4 is 21.4 Å². The van der Waals surface area contributed by atoms with Crippen molar-refractivity contribution in [2.75, 3.05) is 23.4 Å². The van der Waals surface area contributed by atoms with Gasteiger partial charge in [-0.2, -0.15) is 0 Å². The molecule has 1 atom stereocenters. The summed E-state index contributed by atoms with van der Waals surface area (Å²) in [7, 11) is -1.77. The fraction of sp³-hybridized carbons (Fsp3) is 0.250. The maximum Gasteiger partial charge on any atom is 0.229 e. The Balaban J connectivity index is 2.15. The van der Waals surface area contributed by atoms with E-state index in [2.05, 4.69) is 10.0 Å². The molecule has 0 aromatic heterocycles. The van der Waals surface area contributed by atoms with Gasteiger partial charge in [-0.1, -0.05) is 12.1 Å². The molecule has 23 heavy (non-hydrogen) atoms. The van der Waals surface area contributed by atoms with Crippen LogP contribution in [0.1, 0.15) is 18.5 Å². The number of sulfonamides is 1. The quantitative estimate of drug-likeness (QED) is 0.847. The number of hydrogen-bond acceptors (Lipinski definition) is 4. The first-order valence-corrected chi connectivity index (χ1v) is 8.85. The third kappa shape index (κ3) is 4.85. The molecule has 0 radical (unpaired) electrons. The third-order valence-corrected chi connectivity index (χ3v) is 3.85. The Morgan fingerprint density at radius 1 is 1.13 bits per heavy atom. The van der Waals surface area contributed by atoms with E-state index in [9.17, 15) is 12.8 Å². The molecule has 2 rings (SSSR count). The van der Waals surface area contributed by atoms with E-state index in [0.717, 1.165) is 11.8 Å². The lowest BCUT2D eigenvalue weighted by atomic mass is 10.1. The summed E-state index contributed by atoms with van der Waals surface area (Å²) in [6.07, 6.45) is 1.10. The molecule has 0 heterocycles. The monoisotopic (exact) mass is 338 g/mol. The van der Waals surface area contributed by atoms with Crippen LogP contribution in [0.2, 0.25) is 0 Å². The maximum atomic E-state index is 13.4. The number of rotatable bonds is 6. The number of benzene rings is 2. The van der Waals surface area contributed by atoms with E-state index in [-0.39, 0.29) is 11.9 Å². The van der Waals surface area contributed by atoms with Crippen molar-refractivity contribution in [1.82, 2.24) is 0 Å². The van der Waals surface area contributed by atoms with Crippen LogP contribution in [0.3, 0.4) is 0 Å². The van der Waals surface area contributed by atoms with Crippen molar-refractivity contribution in [3.63, 3.8) is 0 Å². The second-order valence-corrected chi connectivity index (χ2v) is 6.96. The van der Waals surface area contributed by atoms with Crippen LogP contribution in [0.5, 0.6) is 5.75 Å². The number of methoxy groups -OCH3 is 1. The summed E-state index contributed by atoms with van der Waals surface area (Å²) in [4.78, 5) is 0. The van der Waals surface area contributed by atoms with Gasteiger partial charge in [-0.15, -0.1) is 0 Å². The molecule has 2 aromatic rings. The second kappa shape index (κ2) is 6.87. The van der Waals surface area contributed by atoms with Crippen LogP contribution in [0.15, 0.2) is 42.5 Å². The van der Waals surface area contributed by atoms with E-state index in [0.29, 0.717) is 17.1 Å². The standard InChI is InChI=1S/C16H19FN2O3S/c1-11(18-15-10-13(17)6-9-16(15)22-2)12-4-7-14(8-5-12)19-23(3,20)21/h4-11,18-19H,1-3H3/t11-/m0/s1. The molecule has 2 aromatic carbocycles. The van der Waals surface area contributed by atoms with Gasteiger partial charge < -0.3 is 10.1 Å². The average Bonchev–Trinajstić information content (AvgIpc) is 2.46. The lowest BCUT2D eigenvalue weighted by molar-refractivity contribution is 0.415. The molecule has 2 N–H and O–H groups in total. The summed E-state index contributed by atoms with van der Waals surface area (Å²) >= 11 is 0. The second-order valence-electron chi connectivity index (χ2n) is 5.21. The van der Waals surface area contributed by atoms with E-state index in [4.69, 9.17) is 4.74 Å². The summed E-state index contributed by atoms with van der Waals surface area (Å²) in [5.41, 5.74) is 1.97. The van der Waals surface area contributed by atoms with Crippen LogP contribution in [0.4, 0.5) is 15.8 Å². The van der Waals surface area contributed by atoms with E-state index in [1.54, 1.807) is 30.3 Å². The van der Waals surface area contributed by atoms with Gasteiger partial charge in [0.05, 0.1) is 19.1 Å². The Hall–Kier alpha value is -2.28. The van der Waals surface area contributed by atoms with Gasteiger partial charge >= 0.3 is 0 Å². The smallest absolute Gasteiger partial charge is 0.229 e. The molecule has 0 aliphatic carbocycles. The van der Waals surface area contributed by atoms with Crippen LogP contribution in [-0.2, 0) is 10.0 Å². The van der Waals surface area contributed by atoms with Crippen LogP contribution in [0.25, 0.3) is 0 Å². The minimum atomic E-state index is -3.30. The summed E-state index contributed by atoms with van der Waals surface area (Å²) in [5, 5.41) is 3.18. The van der Waals surface area contributed by atoms with Gasteiger partial charge in [-0.3, -0.25) is 4.72 Å². The predicted molar refractivity (Wildman–Crippen MR) is 89.9 cm³/mol. The third-order valence-electron chi connectivity index (χ3n) is 3.25. The number of anilines is 2. The molecule has 0 spiro atoms. The van der Waals surface area contributed by atoms with E-state index >= 15 is 0 Å². The highest BCUT2D eigenvalue weighted by Crippen LogP contribution is 2.29. The Morgan fingerprint density at radius 2 is 1.78 bits per heavy atom. The molecular formula is C16H19FN2O3S. The summed E-state index contributed by atoms with van der Waals surface area (Å²) in [5.74, 6) is 0.196. The van der Waals surface area contributed by atoms with Gasteiger partial charge in [0.25, 0.3) is 0 Å². The van der Waals surface area contributed by atoms with E-state index in [1.807, 2.05) is 6.92 Å². The van der Waals surface area contributed by atoms with Crippen molar-refractivity contribution in [2.45, 2.75) is 13.0 Å². The van der Waals surface area contributed by atoms with Gasteiger partial charge in [0, 0.05) is 17.8 Å². The van der Waals surface area contributed by atoms with Crippen LogP contribution in [0, 0.1) is 5.82 Å². The lowest BCUT2D eigenvalue weighted by Crippen LogP contribution is -2.10. The summed E-state index contributed by atoms with van der Waals surface area (Å²) in [6.45, 7) is 1.92. The molecule has 7 heteroatoms. The highest BCUT2D eigenvalue weighted by molar-refractivity contribution is 7.92. The molecule has 0 unspecified atom stereocenters.